The topological polar surface area (TPSA) is 43.1 Å². The average Bonchev–Trinajstić information content (AvgIpc) is 2.26. The Balaban J connectivity index is 3.37. The minimum atomic E-state index is -0.291. The monoisotopic (exact) mass is 229 g/mol. The molecule has 0 spiro atoms. The predicted molar refractivity (Wildman–Crippen MR) is 68.3 cm³/mol. The van der Waals surface area contributed by atoms with Crippen LogP contribution >= 0.6 is 0 Å². The first-order valence-corrected chi connectivity index (χ1v) is 6.85. The normalized spacial score (nSPS) is 12.6. The van der Waals surface area contributed by atoms with Gasteiger partial charge >= 0.3 is 0 Å². The van der Waals surface area contributed by atoms with Crippen LogP contribution in [0.2, 0.25) is 0 Å². The minimum absolute atomic E-state index is 0.0966. The van der Waals surface area contributed by atoms with Crippen molar-refractivity contribution in [2.45, 2.75) is 84.1 Å². The zero-order chi connectivity index (χ0) is 12.2. The summed E-state index contributed by atoms with van der Waals surface area (Å²) in [5, 5.41) is 10.7. The van der Waals surface area contributed by atoms with Crippen molar-refractivity contribution in [1.29, 1.82) is 0 Å². The van der Waals surface area contributed by atoms with E-state index in [4.69, 9.17) is 0 Å². The highest BCUT2D eigenvalue weighted by molar-refractivity contribution is 4.56. The molecule has 0 aliphatic carbocycles. The van der Waals surface area contributed by atoms with Crippen molar-refractivity contribution in [1.82, 2.24) is 0 Å². The fraction of sp³-hybridized carbons (Fsp3) is 1.00. The van der Waals surface area contributed by atoms with E-state index in [0.29, 0.717) is 0 Å². The molecule has 0 rings (SSSR count). The molecule has 0 aromatic heterocycles. The number of nitrogens with zero attached hydrogens (tertiary/aromatic N) is 1. The molecule has 96 valence electrons. The van der Waals surface area contributed by atoms with E-state index in [2.05, 4.69) is 6.92 Å². The smallest absolute Gasteiger partial charge is 0.213 e. The molecule has 0 heterocycles. The van der Waals surface area contributed by atoms with Crippen LogP contribution in [0.4, 0.5) is 0 Å². The van der Waals surface area contributed by atoms with Gasteiger partial charge in [0.15, 0.2) is 0 Å². The summed E-state index contributed by atoms with van der Waals surface area (Å²) in [5.74, 6) is 0. The Hall–Kier alpha value is -0.600. The fourth-order valence-electron chi connectivity index (χ4n) is 2.03. The minimum Gasteiger partial charge on any atom is -0.264 e. The van der Waals surface area contributed by atoms with Crippen molar-refractivity contribution in [2.24, 2.45) is 0 Å². The van der Waals surface area contributed by atoms with E-state index in [1.165, 1.54) is 32.1 Å². The average molecular weight is 229 g/mol. The van der Waals surface area contributed by atoms with Crippen LogP contribution in [0.5, 0.6) is 0 Å². The second-order valence-electron chi connectivity index (χ2n) is 4.64. The van der Waals surface area contributed by atoms with E-state index in [1.54, 1.807) is 0 Å². The van der Waals surface area contributed by atoms with Crippen LogP contribution in [0, 0.1) is 10.1 Å². The van der Waals surface area contributed by atoms with Crippen LogP contribution in [0.1, 0.15) is 78.1 Å². The Labute approximate surface area is 99.8 Å². The van der Waals surface area contributed by atoms with Crippen molar-refractivity contribution < 1.29 is 4.92 Å². The fourth-order valence-corrected chi connectivity index (χ4v) is 2.03. The molecule has 3 nitrogen and oxygen atoms in total. The van der Waals surface area contributed by atoms with Crippen LogP contribution < -0.4 is 0 Å². The molecule has 0 radical (unpaired) electrons. The number of unbranched alkanes of at least 4 members (excludes halogenated alkanes) is 6. The van der Waals surface area contributed by atoms with Gasteiger partial charge in [-0.05, 0) is 12.8 Å². The molecule has 0 aromatic rings. The highest BCUT2D eigenvalue weighted by Gasteiger charge is 2.17. The quantitative estimate of drug-likeness (QED) is 0.296. The van der Waals surface area contributed by atoms with E-state index in [-0.39, 0.29) is 11.0 Å². The third-order valence-electron chi connectivity index (χ3n) is 3.06. The summed E-state index contributed by atoms with van der Waals surface area (Å²) >= 11 is 0. The van der Waals surface area contributed by atoms with Crippen LogP contribution in [0.3, 0.4) is 0 Å². The van der Waals surface area contributed by atoms with E-state index in [9.17, 15) is 10.1 Å². The van der Waals surface area contributed by atoms with E-state index >= 15 is 0 Å². The second kappa shape index (κ2) is 10.9. The highest BCUT2D eigenvalue weighted by Crippen LogP contribution is 2.13. The SMILES string of the molecule is CCCCCCCCCC(CCC)[N+](=O)[O-]. The maximum absolute atomic E-state index is 10.7. The van der Waals surface area contributed by atoms with Gasteiger partial charge in [0.1, 0.15) is 0 Å². The molecular weight excluding hydrogens is 202 g/mol. The molecule has 1 atom stereocenters. The van der Waals surface area contributed by atoms with Crippen LogP contribution in [-0.2, 0) is 0 Å². The summed E-state index contributed by atoms with van der Waals surface area (Å²) in [6.45, 7) is 4.23. The summed E-state index contributed by atoms with van der Waals surface area (Å²) in [4.78, 5) is 10.6. The van der Waals surface area contributed by atoms with Crippen molar-refractivity contribution in [3.8, 4) is 0 Å². The molecule has 0 N–H and O–H groups in total. The third-order valence-corrected chi connectivity index (χ3v) is 3.06. The molecule has 0 saturated heterocycles. The first-order chi connectivity index (χ1) is 7.72. The summed E-state index contributed by atoms with van der Waals surface area (Å²) in [5.41, 5.74) is 0. The highest BCUT2D eigenvalue weighted by atomic mass is 16.6. The number of hydrogen-bond acceptors (Lipinski definition) is 2. The first kappa shape index (κ1) is 15.4. The van der Waals surface area contributed by atoms with Gasteiger partial charge < -0.3 is 0 Å². The van der Waals surface area contributed by atoms with Crippen LogP contribution in [0.15, 0.2) is 0 Å². The van der Waals surface area contributed by atoms with Gasteiger partial charge in [-0.2, -0.15) is 0 Å². The zero-order valence-corrected chi connectivity index (χ0v) is 10.9. The molecule has 0 aliphatic rings. The Kier molecular flexibility index (Phi) is 10.5. The molecule has 0 amide bonds. The first-order valence-electron chi connectivity index (χ1n) is 6.85. The lowest BCUT2D eigenvalue weighted by molar-refractivity contribution is -0.524. The lowest BCUT2D eigenvalue weighted by Crippen LogP contribution is -2.18. The largest absolute Gasteiger partial charge is 0.264 e. The molecule has 0 bridgehead atoms. The number of hydrogen-bond donors (Lipinski definition) is 0. The molecule has 0 fully saturated rings. The Morgan fingerprint density at radius 1 is 0.875 bits per heavy atom. The van der Waals surface area contributed by atoms with Gasteiger partial charge in [-0.15, -0.1) is 0 Å². The van der Waals surface area contributed by atoms with Gasteiger partial charge in [-0.1, -0.05) is 52.4 Å². The Bertz CT molecular complexity index is 171. The maximum atomic E-state index is 10.7. The predicted octanol–water partition coefficient (Wildman–Crippen LogP) is 4.57. The third kappa shape index (κ3) is 8.69. The Morgan fingerprint density at radius 2 is 1.44 bits per heavy atom. The van der Waals surface area contributed by atoms with Gasteiger partial charge in [-0.25, -0.2) is 0 Å². The van der Waals surface area contributed by atoms with Crippen molar-refractivity contribution in [3.63, 3.8) is 0 Å². The van der Waals surface area contributed by atoms with Crippen molar-refractivity contribution >= 4 is 0 Å². The Morgan fingerprint density at radius 3 is 1.94 bits per heavy atom. The van der Waals surface area contributed by atoms with E-state index < -0.39 is 0 Å². The molecule has 0 aliphatic heterocycles. The zero-order valence-electron chi connectivity index (χ0n) is 10.9. The summed E-state index contributed by atoms with van der Waals surface area (Å²) < 4.78 is 0. The maximum Gasteiger partial charge on any atom is 0.213 e. The van der Waals surface area contributed by atoms with E-state index in [1.807, 2.05) is 6.92 Å². The molecular formula is C13H27NO2. The molecule has 1 unspecified atom stereocenters. The standard InChI is InChI=1S/C13H27NO2/c1-3-5-6-7-8-9-10-12-13(11-4-2)14(15)16/h13H,3-12H2,1-2H3. The lowest BCUT2D eigenvalue weighted by atomic mass is 10.0. The van der Waals surface area contributed by atoms with Gasteiger partial charge in [0, 0.05) is 17.8 Å². The van der Waals surface area contributed by atoms with Crippen molar-refractivity contribution in [3.05, 3.63) is 10.1 Å². The molecule has 0 aromatic carbocycles. The summed E-state index contributed by atoms with van der Waals surface area (Å²) in [6, 6.07) is -0.291. The molecule has 16 heavy (non-hydrogen) atoms. The number of rotatable bonds is 11. The lowest BCUT2D eigenvalue weighted by Gasteiger charge is -2.07. The van der Waals surface area contributed by atoms with Crippen LogP contribution in [0.25, 0.3) is 0 Å². The second-order valence-corrected chi connectivity index (χ2v) is 4.64. The molecule has 3 heteroatoms. The molecule has 0 saturated carbocycles. The number of nitro groups is 1. The van der Waals surface area contributed by atoms with Crippen LogP contribution in [-0.4, -0.2) is 11.0 Å². The van der Waals surface area contributed by atoms with E-state index in [0.717, 1.165) is 32.1 Å². The van der Waals surface area contributed by atoms with Gasteiger partial charge in [0.25, 0.3) is 0 Å². The summed E-state index contributed by atoms with van der Waals surface area (Å²) in [7, 11) is 0. The van der Waals surface area contributed by atoms with Gasteiger partial charge in [0.05, 0.1) is 0 Å². The van der Waals surface area contributed by atoms with Crippen molar-refractivity contribution in [2.75, 3.05) is 0 Å². The van der Waals surface area contributed by atoms with Gasteiger partial charge in [-0.3, -0.25) is 10.1 Å². The van der Waals surface area contributed by atoms with Gasteiger partial charge in [0.2, 0.25) is 6.04 Å². The summed E-state index contributed by atoms with van der Waals surface area (Å²) in [6.07, 6.45) is 11.1.